The Morgan fingerprint density at radius 3 is 1.73 bits per heavy atom. The molecule has 0 N–H and O–H groups in total. The van der Waals surface area contributed by atoms with Crippen molar-refractivity contribution in [3.8, 4) is 45.2 Å². The molecule has 0 aliphatic heterocycles. The average molecular weight is 698 g/mol. The molecule has 0 aliphatic carbocycles. The Hall–Kier alpha value is -6.27. The molecule has 0 unspecified atom stereocenters. The lowest BCUT2D eigenvalue weighted by atomic mass is 9.95. The van der Waals surface area contributed by atoms with E-state index in [0.29, 0.717) is 5.82 Å². The van der Waals surface area contributed by atoms with Crippen LogP contribution in [0.25, 0.3) is 107 Å². The summed E-state index contributed by atoms with van der Waals surface area (Å²) < 4.78 is 5.12. The van der Waals surface area contributed by atoms with Gasteiger partial charge in [0.15, 0.2) is 5.82 Å². The Balaban J connectivity index is 1.16. The predicted molar refractivity (Wildman–Crippen MR) is 222 cm³/mol. The molecule has 3 nitrogen and oxygen atoms in total. The second-order valence-corrected chi connectivity index (χ2v) is 15.3. The molecule has 7 aromatic carbocycles. The van der Waals surface area contributed by atoms with Crippen molar-refractivity contribution in [2.45, 2.75) is 0 Å². The molecule has 0 atom stereocenters. The average Bonchev–Trinajstić information content (AvgIpc) is 3.79. The molecule has 4 aromatic heterocycles. The van der Waals surface area contributed by atoms with Crippen LogP contribution in [0.2, 0.25) is 0 Å². The highest BCUT2D eigenvalue weighted by atomic mass is 32.1. The van der Waals surface area contributed by atoms with Gasteiger partial charge in [-0.1, -0.05) is 127 Å². The van der Waals surface area contributed by atoms with Crippen molar-refractivity contribution in [3.05, 3.63) is 164 Å². The number of thiophene rings is 2. The monoisotopic (exact) mass is 697 g/mol. The van der Waals surface area contributed by atoms with Crippen LogP contribution in [-0.2, 0) is 0 Å². The summed E-state index contributed by atoms with van der Waals surface area (Å²) in [5, 5.41) is 8.66. The van der Waals surface area contributed by atoms with Crippen molar-refractivity contribution in [2.75, 3.05) is 0 Å². The van der Waals surface area contributed by atoms with Crippen LogP contribution in [0, 0.1) is 0 Å². The molecule has 0 spiro atoms. The van der Waals surface area contributed by atoms with Gasteiger partial charge in [-0.25, -0.2) is 15.0 Å². The highest BCUT2D eigenvalue weighted by Crippen LogP contribution is 2.44. The van der Waals surface area contributed by atoms with E-state index in [1.165, 1.54) is 45.7 Å². The maximum atomic E-state index is 5.40. The fourth-order valence-corrected chi connectivity index (χ4v) is 9.89. The van der Waals surface area contributed by atoms with Crippen LogP contribution in [-0.4, -0.2) is 15.0 Å². The number of benzene rings is 7. The normalized spacial score (nSPS) is 11.8. The summed E-state index contributed by atoms with van der Waals surface area (Å²) in [6.45, 7) is 0. The fraction of sp³-hybridized carbons (Fsp3) is 0. The van der Waals surface area contributed by atoms with E-state index >= 15 is 0 Å². The summed E-state index contributed by atoms with van der Waals surface area (Å²) in [7, 11) is 0. The number of nitrogens with zero attached hydrogens (tertiary/aromatic N) is 3. The van der Waals surface area contributed by atoms with Crippen molar-refractivity contribution in [1.82, 2.24) is 15.0 Å². The first-order chi connectivity index (χ1) is 25.7. The third-order valence-electron chi connectivity index (χ3n) is 10.1. The first-order valence-corrected chi connectivity index (χ1v) is 19.0. The van der Waals surface area contributed by atoms with Crippen LogP contribution in [0.3, 0.4) is 0 Å². The lowest BCUT2D eigenvalue weighted by molar-refractivity contribution is 1.18. The summed E-state index contributed by atoms with van der Waals surface area (Å²) in [5.74, 6) is 0.678. The summed E-state index contributed by atoms with van der Waals surface area (Å²) in [6, 6.07) is 58.2. The Morgan fingerprint density at radius 2 is 0.923 bits per heavy atom. The number of rotatable bonds is 4. The largest absolute Gasteiger partial charge is 0.247 e. The van der Waals surface area contributed by atoms with Gasteiger partial charge in [-0.2, -0.15) is 0 Å². The Morgan fingerprint density at radius 1 is 0.327 bits per heavy atom. The van der Waals surface area contributed by atoms with Crippen LogP contribution < -0.4 is 0 Å². The van der Waals surface area contributed by atoms with Crippen molar-refractivity contribution in [1.29, 1.82) is 0 Å². The van der Waals surface area contributed by atoms with Crippen LogP contribution in [0.15, 0.2) is 164 Å². The minimum Gasteiger partial charge on any atom is -0.247 e. The minimum absolute atomic E-state index is 0.678. The van der Waals surface area contributed by atoms with E-state index in [1.54, 1.807) is 0 Å². The second-order valence-electron chi connectivity index (χ2n) is 13.2. The topological polar surface area (TPSA) is 38.7 Å². The van der Waals surface area contributed by atoms with E-state index in [4.69, 9.17) is 15.0 Å². The molecule has 0 fully saturated rings. The summed E-state index contributed by atoms with van der Waals surface area (Å²) in [4.78, 5) is 15.9. The van der Waals surface area contributed by atoms with Gasteiger partial charge in [0.25, 0.3) is 0 Å². The van der Waals surface area contributed by atoms with Gasteiger partial charge in [-0.3, -0.25) is 0 Å². The molecule has 11 aromatic rings. The molecule has 242 valence electrons. The van der Waals surface area contributed by atoms with Crippen LogP contribution in [0.1, 0.15) is 0 Å². The second kappa shape index (κ2) is 11.6. The molecule has 0 saturated heterocycles. The lowest BCUT2D eigenvalue weighted by Crippen LogP contribution is -1.97. The molecule has 0 amide bonds. The van der Waals surface area contributed by atoms with Crippen LogP contribution >= 0.6 is 22.7 Å². The third-order valence-corrected chi connectivity index (χ3v) is 12.3. The first kappa shape index (κ1) is 29.5. The number of pyridine rings is 1. The van der Waals surface area contributed by atoms with Crippen LogP contribution in [0.4, 0.5) is 0 Å². The molecule has 52 heavy (non-hydrogen) atoms. The number of fused-ring (bicyclic) bond motifs is 10. The van der Waals surface area contributed by atoms with Crippen molar-refractivity contribution >= 4 is 84.7 Å². The van der Waals surface area contributed by atoms with E-state index in [2.05, 4.69) is 158 Å². The highest BCUT2D eigenvalue weighted by molar-refractivity contribution is 7.26. The molecule has 0 bridgehead atoms. The van der Waals surface area contributed by atoms with E-state index < -0.39 is 0 Å². The Bertz CT molecular complexity index is 3180. The maximum absolute atomic E-state index is 5.40. The molecular weight excluding hydrogens is 671 g/mol. The van der Waals surface area contributed by atoms with Gasteiger partial charge in [0, 0.05) is 78.8 Å². The van der Waals surface area contributed by atoms with Gasteiger partial charge < -0.3 is 0 Å². The molecule has 11 rings (SSSR count). The standard InChI is InChI=1S/C47H27N3S2/c1-3-11-28(12-4-1)37-27-38(30-19-21-33-32-15-7-9-17-40(32)52-43(33)26-30)50-47(49-37)31-20-22-34-39(25-31)48-46(29-13-5-2-6-14-29)36-23-24-42-45(44(34)36)35-16-8-10-18-41(35)51-42/h1-27H. The summed E-state index contributed by atoms with van der Waals surface area (Å²) in [6.07, 6.45) is 0. The molecule has 0 aliphatic rings. The Labute approximate surface area is 307 Å². The lowest BCUT2D eigenvalue weighted by Gasteiger charge is -2.13. The van der Waals surface area contributed by atoms with Gasteiger partial charge in [0.2, 0.25) is 0 Å². The zero-order valence-corrected chi connectivity index (χ0v) is 29.4. The smallest absolute Gasteiger partial charge is 0.160 e. The van der Waals surface area contributed by atoms with Crippen molar-refractivity contribution in [2.24, 2.45) is 0 Å². The minimum atomic E-state index is 0.678. The zero-order chi connectivity index (χ0) is 34.2. The van der Waals surface area contributed by atoms with Crippen molar-refractivity contribution in [3.63, 3.8) is 0 Å². The van der Waals surface area contributed by atoms with Gasteiger partial charge in [-0.15, -0.1) is 22.7 Å². The number of hydrogen-bond donors (Lipinski definition) is 0. The highest BCUT2D eigenvalue weighted by Gasteiger charge is 2.18. The first-order valence-electron chi connectivity index (χ1n) is 17.3. The molecule has 5 heteroatoms. The summed E-state index contributed by atoms with van der Waals surface area (Å²) >= 11 is 3.67. The number of hydrogen-bond acceptors (Lipinski definition) is 5. The SMILES string of the molecule is c1ccc(-c2cc(-c3ccc4c(c3)sc3ccccc34)nc(-c3ccc4c(c3)nc(-c3ccccc3)c3ccc5sc6ccccc6c5c34)n2)cc1. The number of aromatic nitrogens is 3. The molecular formula is C47H27N3S2. The maximum Gasteiger partial charge on any atom is 0.160 e. The molecule has 0 radical (unpaired) electrons. The van der Waals surface area contributed by atoms with Gasteiger partial charge in [-0.05, 0) is 36.4 Å². The molecule has 4 heterocycles. The van der Waals surface area contributed by atoms with Crippen LogP contribution in [0.5, 0.6) is 0 Å². The third kappa shape index (κ3) is 4.67. The van der Waals surface area contributed by atoms with Gasteiger partial charge in [0.1, 0.15) is 0 Å². The fourth-order valence-electron chi connectivity index (χ4n) is 7.63. The van der Waals surface area contributed by atoms with E-state index in [-0.39, 0.29) is 0 Å². The quantitative estimate of drug-likeness (QED) is 0.172. The predicted octanol–water partition coefficient (Wildman–Crippen LogP) is 13.6. The summed E-state index contributed by atoms with van der Waals surface area (Å²) in [5.41, 5.74) is 7.84. The van der Waals surface area contributed by atoms with E-state index in [9.17, 15) is 0 Å². The van der Waals surface area contributed by atoms with E-state index in [0.717, 1.165) is 55.6 Å². The zero-order valence-electron chi connectivity index (χ0n) is 27.7. The van der Waals surface area contributed by atoms with Crippen molar-refractivity contribution < 1.29 is 0 Å². The Kier molecular flexibility index (Phi) is 6.59. The van der Waals surface area contributed by atoms with E-state index in [1.807, 2.05) is 28.7 Å². The van der Waals surface area contributed by atoms with Gasteiger partial charge in [0.05, 0.1) is 22.6 Å². The van der Waals surface area contributed by atoms with Gasteiger partial charge >= 0.3 is 0 Å². The molecule has 0 saturated carbocycles.